The normalized spacial score (nSPS) is 12.2. The van der Waals surface area contributed by atoms with Crippen LogP contribution in [-0.2, 0) is 0 Å². The van der Waals surface area contributed by atoms with Gasteiger partial charge in [-0.05, 0) is 18.6 Å². The van der Waals surface area contributed by atoms with Gasteiger partial charge in [0.05, 0.1) is 12.2 Å². The Balaban J connectivity index is 2.14. The molecule has 1 rings (SSSR count). The summed E-state index contributed by atoms with van der Waals surface area (Å²) in [5.74, 6) is -0.613. The Hall–Kier alpha value is -1.72. The van der Waals surface area contributed by atoms with Gasteiger partial charge >= 0.3 is 0 Å². The number of rotatable bonds is 17. The quantitative estimate of drug-likeness (QED) is 0.218. The van der Waals surface area contributed by atoms with Crippen LogP contribution in [0.5, 0.6) is 5.75 Å². The minimum absolute atomic E-state index is 0.0646. The number of nitrogens with one attached hydrogen (secondary N) is 1. The number of para-hydroxylation sites is 1. The van der Waals surface area contributed by atoms with E-state index in [9.17, 15) is 18.0 Å². The molecule has 0 bridgehead atoms. The molecule has 0 radical (unpaired) electrons. The van der Waals surface area contributed by atoms with Crippen molar-refractivity contribution in [3.63, 3.8) is 0 Å². The third-order valence-corrected chi connectivity index (χ3v) is 4.88. The van der Waals surface area contributed by atoms with Gasteiger partial charge in [0.15, 0.2) is 0 Å². The van der Waals surface area contributed by atoms with E-state index >= 15 is 0 Å². The summed E-state index contributed by atoms with van der Waals surface area (Å²) in [6.07, 6.45) is 8.95. The van der Waals surface area contributed by atoms with Crippen molar-refractivity contribution in [1.82, 2.24) is 5.32 Å². The van der Waals surface area contributed by atoms with E-state index in [-0.39, 0.29) is 11.3 Å². The number of carbonyl (C=O) groups is 1. The molecule has 0 fully saturated rings. The van der Waals surface area contributed by atoms with Crippen molar-refractivity contribution in [1.29, 1.82) is 0 Å². The second kappa shape index (κ2) is 16.1. The summed E-state index contributed by atoms with van der Waals surface area (Å²) in [6, 6.07) is 6.30. The Labute approximate surface area is 173 Å². The Morgan fingerprint density at radius 1 is 0.862 bits per heavy atom. The molecular weight excluding hydrogens is 379 g/mol. The van der Waals surface area contributed by atoms with E-state index in [1.807, 2.05) is 0 Å². The largest absolute Gasteiger partial charge is 0.493 e. The zero-order valence-corrected chi connectivity index (χ0v) is 17.6. The number of halogens is 3. The van der Waals surface area contributed by atoms with E-state index in [1.54, 1.807) is 23.5 Å². The third kappa shape index (κ3) is 11.8. The molecule has 6 heteroatoms. The molecule has 1 aromatic rings. The summed E-state index contributed by atoms with van der Waals surface area (Å²) in [5.41, 5.74) is 0.0646. The van der Waals surface area contributed by atoms with Crippen LogP contribution < -0.4 is 10.1 Å². The maximum atomic E-state index is 13.0. The van der Waals surface area contributed by atoms with Crippen LogP contribution in [0.15, 0.2) is 24.3 Å². The zero-order chi connectivity index (χ0) is 21.3. The molecule has 1 amide bonds. The predicted molar refractivity (Wildman–Crippen MR) is 111 cm³/mol. The fourth-order valence-electron chi connectivity index (χ4n) is 3.17. The maximum absolute atomic E-state index is 13.0. The van der Waals surface area contributed by atoms with Crippen molar-refractivity contribution in [2.45, 2.75) is 96.7 Å². The van der Waals surface area contributed by atoms with Gasteiger partial charge in [0.25, 0.3) is 12.3 Å². The van der Waals surface area contributed by atoms with E-state index < -0.39 is 18.6 Å². The lowest BCUT2D eigenvalue weighted by molar-refractivity contribution is 0.0285. The molecule has 1 N–H and O–H groups in total. The Morgan fingerprint density at radius 3 is 1.93 bits per heavy atom. The van der Waals surface area contributed by atoms with E-state index in [0.29, 0.717) is 6.61 Å². The van der Waals surface area contributed by atoms with Crippen LogP contribution in [0.1, 0.15) is 94.3 Å². The Morgan fingerprint density at radius 2 is 1.38 bits per heavy atom. The Kier molecular flexibility index (Phi) is 14.1. The molecule has 1 unspecified atom stereocenters. The SMILES string of the molecule is CCCCCCCCCCCCCCOc1ccccc1C(=O)NC(F)C(F)F. The van der Waals surface area contributed by atoms with Gasteiger partial charge in [-0.1, -0.05) is 89.7 Å². The summed E-state index contributed by atoms with van der Waals surface area (Å²) in [6.45, 7) is 2.67. The van der Waals surface area contributed by atoms with E-state index in [4.69, 9.17) is 4.74 Å². The van der Waals surface area contributed by atoms with Gasteiger partial charge in [0, 0.05) is 0 Å². The molecule has 0 saturated carbocycles. The highest BCUT2D eigenvalue weighted by atomic mass is 19.3. The van der Waals surface area contributed by atoms with Crippen LogP contribution >= 0.6 is 0 Å². The fourth-order valence-corrected chi connectivity index (χ4v) is 3.17. The van der Waals surface area contributed by atoms with Gasteiger partial charge < -0.3 is 10.1 Å². The third-order valence-electron chi connectivity index (χ3n) is 4.88. The lowest BCUT2D eigenvalue weighted by Crippen LogP contribution is -2.36. The summed E-state index contributed by atoms with van der Waals surface area (Å²) in [5, 5.41) is 1.65. The molecule has 1 atom stereocenters. The van der Waals surface area contributed by atoms with Gasteiger partial charge in [-0.3, -0.25) is 4.79 Å². The maximum Gasteiger partial charge on any atom is 0.287 e. The van der Waals surface area contributed by atoms with Crippen molar-refractivity contribution in [3.8, 4) is 5.75 Å². The number of carbonyl (C=O) groups excluding carboxylic acids is 1. The molecule has 0 heterocycles. The highest BCUT2D eigenvalue weighted by Crippen LogP contribution is 2.19. The van der Waals surface area contributed by atoms with Crippen molar-refractivity contribution in [2.24, 2.45) is 0 Å². The van der Waals surface area contributed by atoms with Crippen molar-refractivity contribution < 1.29 is 22.7 Å². The molecule has 0 aliphatic rings. The van der Waals surface area contributed by atoms with E-state index in [2.05, 4.69) is 6.92 Å². The molecule has 166 valence electrons. The second-order valence-corrected chi connectivity index (χ2v) is 7.44. The van der Waals surface area contributed by atoms with E-state index in [0.717, 1.165) is 19.3 Å². The summed E-state index contributed by atoms with van der Waals surface area (Å²) in [4.78, 5) is 11.9. The summed E-state index contributed by atoms with van der Waals surface area (Å²) in [7, 11) is 0. The predicted octanol–water partition coefficient (Wildman–Crippen LogP) is 7.06. The monoisotopic (exact) mass is 415 g/mol. The molecule has 1 aromatic carbocycles. The molecule has 3 nitrogen and oxygen atoms in total. The molecule has 0 aromatic heterocycles. The van der Waals surface area contributed by atoms with Crippen LogP contribution in [0.4, 0.5) is 13.2 Å². The van der Waals surface area contributed by atoms with Crippen LogP contribution in [0.25, 0.3) is 0 Å². The number of hydrogen-bond donors (Lipinski definition) is 1. The van der Waals surface area contributed by atoms with Gasteiger partial charge in [-0.25, -0.2) is 13.2 Å². The fraction of sp³-hybridized carbons (Fsp3) is 0.696. The van der Waals surface area contributed by atoms with Crippen molar-refractivity contribution in [3.05, 3.63) is 29.8 Å². The first-order valence-corrected chi connectivity index (χ1v) is 11.0. The van der Waals surface area contributed by atoms with Crippen molar-refractivity contribution >= 4 is 5.91 Å². The summed E-state index contributed by atoms with van der Waals surface area (Å²) >= 11 is 0. The first-order valence-electron chi connectivity index (χ1n) is 11.0. The molecule has 0 aliphatic heterocycles. The molecule has 29 heavy (non-hydrogen) atoms. The smallest absolute Gasteiger partial charge is 0.287 e. The number of amides is 1. The van der Waals surface area contributed by atoms with Crippen molar-refractivity contribution in [2.75, 3.05) is 6.61 Å². The number of hydrogen-bond acceptors (Lipinski definition) is 2. The molecule has 0 saturated heterocycles. The minimum Gasteiger partial charge on any atom is -0.493 e. The van der Waals surface area contributed by atoms with Crippen LogP contribution in [0.2, 0.25) is 0 Å². The minimum atomic E-state index is -3.26. The van der Waals surface area contributed by atoms with Gasteiger partial charge in [-0.15, -0.1) is 0 Å². The second-order valence-electron chi connectivity index (χ2n) is 7.44. The van der Waals surface area contributed by atoms with Crippen LogP contribution in [0.3, 0.4) is 0 Å². The van der Waals surface area contributed by atoms with Gasteiger partial charge in [0.1, 0.15) is 5.75 Å². The lowest BCUT2D eigenvalue weighted by Gasteiger charge is -2.13. The van der Waals surface area contributed by atoms with E-state index in [1.165, 1.54) is 63.9 Å². The van der Waals surface area contributed by atoms with Crippen LogP contribution in [-0.4, -0.2) is 25.2 Å². The first-order chi connectivity index (χ1) is 14.1. The van der Waals surface area contributed by atoms with Gasteiger partial charge in [0.2, 0.25) is 6.30 Å². The van der Waals surface area contributed by atoms with Gasteiger partial charge in [-0.2, -0.15) is 0 Å². The zero-order valence-electron chi connectivity index (χ0n) is 17.6. The lowest BCUT2D eigenvalue weighted by atomic mass is 10.1. The molecule has 0 spiro atoms. The number of alkyl halides is 3. The molecular formula is C23H36F3NO2. The Bertz CT molecular complexity index is 555. The molecule has 0 aliphatic carbocycles. The summed E-state index contributed by atoms with van der Waals surface area (Å²) < 4.78 is 43.2. The topological polar surface area (TPSA) is 38.3 Å². The highest BCUT2D eigenvalue weighted by Gasteiger charge is 2.23. The standard InChI is InChI=1S/C23H36F3NO2/c1-2-3-4-5-6-7-8-9-10-11-12-15-18-29-20-17-14-13-16-19(20)23(28)27-22(26)21(24)25/h13-14,16-17,21-22H,2-12,15,18H2,1H3,(H,27,28). The number of unbranched alkanes of at least 4 members (excludes halogenated alkanes) is 11. The highest BCUT2D eigenvalue weighted by molar-refractivity contribution is 5.97. The number of ether oxygens (including phenoxy) is 1. The first kappa shape index (κ1) is 25.3. The number of benzene rings is 1. The average Bonchev–Trinajstić information content (AvgIpc) is 2.71. The average molecular weight is 416 g/mol. The van der Waals surface area contributed by atoms with Crippen LogP contribution in [0, 0.1) is 0 Å².